The van der Waals surface area contributed by atoms with Crippen LogP contribution in [-0.4, -0.2) is 22.9 Å². The maximum atomic E-state index is 2.63. The van der Waals surface area contributed by atoms with Crippen molar-refractivity contribution in [2.45, 2.75) is 39.3 Å². The molecule has 0 fully saturated rings. The van der Waals surface area contributed by atoms with Gasteiger partial charge in [0.15, 0.2) is 0 Å². The van der Waals surface area contributed by atoms with Crippen LogP contribution in [0.4, 0.5) is 17.1 Å². The molecule has 9 aromatic carbocycles. The molecule has 0 aliphatic rings. The van der Waals surface area contributed by atoms with Crippen molar-refractivity contribution < 1.29 is 0 Å². The summed E-state index contributed by atoms with van der Waals surface area (Å²) >= 11 is 0. The summed E-state index contributed by atoms with van der Waals surface area (Å²) in [7, 11) is -3.80. The van der Waals surface area contributed by atoms with Gasteiger partial charge in [-0.2, -0.15) is 0 Å². The molecule has 0 radical (unpaired) electrons. The molecule has 0 amide bonds. The summed E-state index contributed by atoms with van der Waals surface area (Å²) in [5, 5.41) is 14.1. The first kappa shape index (κ1) is 34.4. The molecule has 0 heterocycles. The Morgan fingerprint density at radius 3 is 1.30 bits per heavy atom. The Balaban J connectivity index is 1.55. The van der Waals surface area contributed by atoms with E-state index in [9.17, 15) is 0 Å². The zero-order valence-electron chi connectivity index (χ0n) is 32.2. The van der Waals surface area contributed by atoms with Gasteiger partial charge in [-0.3, -0.25) is 0 Å². The second-order valence-electron chi connectivity index (χ2n) is 16.9. The van der Waals surface area contributed by atoms with Gasteiger partial charge >= 0.3 is 0 Å². The number of hydrogen-bond donors (Lipinski definition) is 0. The predicted molar refractivity (Wildman–Crippen MR) is 246 cm³/mol. The average molecular weight is 728 g/mol. The molecule has 1 nitrogen and oxygen atoms in total. The molecule has 0 unspecified atom stereocenters. The third-order valence-corrected chi connectivity index (χ3v) is 15.4. The van der Waals surface area contributed by atoms with Crippen LogP contribution in [0.1, 0.15) is 0 Å². The SMILES string of the molecule is C[Si](C)(C)c1cc(N(c2ccccc2)c2ccccc2)c2c3ccccc3c3c([Si](C)(C)C)cc(B(c4ccccc4)c4ccccc4)c4ccc1c2c43. The molecule has 0 saturated carbocycles. The van der Waals surface area contributed by atoms with Crippen molar-refractivity contribution in [3.05, 3.63) is 170 Å². The number of benzene rings is 9. The molecule has 0 spiro atoms. The minimum Gasteiger partial charge on any atom is -0.310 e. The summed E-state index contributed by atoms with van der Waals surface area (Å²) in [6.45, 7) is 15.2. The largest absolute Gasteiger partial charge is 0.310 e. The van der Waals surface area contributed by atoms with E-state index in [2.05, 4.69) is 214 Å². The van der Waals surface area contributed by atoms with Crippen LogP contribution in [0.5, 0.6) is 0 Å². The normalized spacial score (nSPS) is 12.3. The quantitative estimate of drug-likeness (QED) is 0.0856. The highest BCUT2D eigenvalue weighted by Gasteiger charge is 2.33. The van der Waals surface area contributed by atoms with E-state index < -0.39 is 16.1 Å². The number of fused-ring (bicyclic) bond motifs is 3. The van der Waals surface area contributed by atoms with Gasteiger partial charge in [0, 0.05) is 16.8 Å². The topological polar surface area (TPSA) is 3.24 Å². The van der Waals surface area contributed by atoms with E-state index in [4.69, 9.17) is 0 Å². The van der Waals surface area contributed by atoms with Gasteiger partial charge < -0.3 is 4.90 Å². The summed E-state index contributed by atoms with van der Waals surface area (Å²) in [6, 6.07) is 63.7. The van der Waals surface area contributed by atoms with E-state index in [0.29, 0.717) is 0 Å². The summed E-state index contributed by atoms with van der Waals surface area (Å²) in [4.78, 5) is 2.51. The van der Waals surface area contributed by atoms with Crippen molar-refractivity contribution in [3.8, 4) is 0 Å². The third-order valence-electron chi connectivity index (χ3n) is 11.3. The van der Waals surface area contributed by atoms with Gasteiger partial charge in [0.1, 0.15) is 0 Å². The van der Waals surface area contributed by atoms with Crippen molar-refractivity contribution in [2.24, 2.45) is 0 Å². The second-order valence-corrected chi connectivity index (χ2v) is 27.0. The van der Waals surface area contributed by atoms with Crippen molar-refractivity contribution in [2.75, 3.05) is 4.90 Å². The van der Waals surface area contributed by atoms with Gasteiger partial charge in [0.05, 0.1) is 21.8 Å². The number of hydrogen-bond acceptors (Lipinski definition) is 1. The van der Waals surface area contributed by atoms with Crippen LogP contribution >= 0.6 is 0 Å². The molecular weight excluding hydrogens is 682 g/mol. The molecule has 0 aliphatic carbocycles. The Bertz CT molecular complexity index is 2690. The third kappa shape index (κ3) is 5.68. The van der Waals surface area contributed by atoms with Gasteiger partial charge in [0.25, 0.3) is 0 Å². The summed E-state index contributed by atoms with van der Waals surface area (Å²) in [5.41, 5.74) is 7.65. The molecule has 4 heteroatoms. The molecule has 9 aromatic rings. The molecular formula is C50H46BNSi2. The fourth-order valence-electron chi connectivity index (χ4n) is 8.96. The summed E-state index contributed by atoms with van der Waals surface area (Å²) < 4.78 is 0. The monoisotopic (exact) mass is 727 g/mol. The molecule has 0 N–H and O–H groups in total. The van der Waals surface area contributed by atoms with Crippen molar-refractivity contribution in [1.29, 1.82) is 0 Å². The van der Waals surface area contributed by atoms with E-state index in [-0.39, 0.29) is 6.71 Å². The average Bonchev–Trinajstić information content (AvgIpc) is 3.18. The Labute approximate surface area is 322 Å². The highest BCUT2D eigenvalue weighted by atomic mass is 28.3. The standard InChI is InChI=1S/C50H46BNSi2/c1-53(2,3)45-34-44(52(37-25-15-9-16-26-37)38-27-17-10-18-28-38)47-39-29-19-20-30-40(39)48-46(54(4,5)6)33-43(41-31-32-42(45)50(47)49(41)48)51(35-21-11-7-12-22-35)36-23-13-8-14-24-36/h7-34H,1-6H3. The molecule has 0 atom stereocenters. The first-order chi connectivity index (χ1) is 26.1. The fourth-order valence-corrected chi connectivity index (χ4v) is 12.1. The lowest BCUT2D eigenvalue weighted by Crippen LogP contribution is -2.54. The zero-order chi connectivity index (χ0) is 37.2. The van der Waals surface area contributed by atoms with Crippen LogP contribution in [0.15, 0.2) is 170 Å². The minimum atomic E-state index is -1.91. The molecule has 262 valence electrons. The smallest absolute Gasteiger partial charge is 0.241 e. The first-order valence-electron chi connectivity index (χ1n) is 19.3. The van der Waals surface area contributed by atoms with Crippen LogP contribution in [0.2, 0.25) is 39.3 Å². The molecule has 0 aliphatic heterocycles. The molecule has 0 aromatic heterocycles. The van der Waals surface area contributed by atoms with Gasteiger partial charge in [0.2, 0.25) is 6.71 Å². The zero-order valence-corrected chi connectivity index (χ0v) is 34.2. The second kappa shape index (κ2) is 13.2. The molecule has 0 bridgehead atoms. The van der Waals surface area contributed by atoms with Crippen LogP contribution in [0.3, 0.4) is 0 Å². The molecule has 9 rings (SSSR count). The molecule has 54 heavy (non-hydrogen) atoms. The lowest BCUT2D eigenvalue weighted by molar-refractivity contribution is 1.30. The van der Waals surface area contributed by atoms with Crippen LogP contribution < -0.4 is 31.7 Å². The van der Waals surface area contributed by atoms with E-state index >= 15 is 0 Å². The van der Waals surface area contributed by atoms with E-state index in [1.165, 1.54) is 86.9 Å². The Kier molecular flexibility index (Phi) is 8.37. The van der Waals surface area contributed by atoms with Crippen LogP contribution in [-0.2, 0) is 0 Å². The van der Waals surface area contributed by atoms with Gasteiger partial charge in [-0.05, 0) is 68.0 Å². The Morgan fingerprint density at radius 2 is 0.796 bits per heavy atom. The summed E-state index contributed by atoms with van der Waals surface area (Å²) in [5.74, 6) is 0. The van der Waals surface area contributed by atoms with Gasteiger partial charge in [-0.15, -0.1) is 0 Å². The van der Waals surface area contributed by atoms with E-state index in [1.54, 1.807) is 0 Å². The number of rotatable bonds is 8. The first-order valence-corrected chi connectivity index (χ1v) is 26.3. The van der Waals surface area contributed by atoms with E-state index in [0.717, 1.165) is 0 Å². The maximum Gasteiger partial charge on any atom is 0.241 e. The van der Waals surface area contributed by atoms with Gasteiger partial charge in [-0.1, -0.05) is 206 Å². The van der Waals surface area contributed by atoms with Crippen LogP contribution in [0.25, 0.3) is 43.1 Å². The van der Waals surface area contributed by atoms with Crippen molar-refractivity contribution >= 4 is 110 Å². The highest BCUT2D eigenvalue weighted by Crippen LogP contribution is 2.47. The number of nitrogens with zero attached hydrogens (tertiary/aromatic N) is 1. The molecule has 0 saturated heterocycles. The Morgan fingerprint density at radius 1 is 0.370 bits per heavy atom. The van der Waals surface area contributed by atoms with Crippen molar-refractivity contribution in [1.82, 2.24) is 0 Å². The number of anilines is 3. The highest BCUT2D eigenvalue weighted by molar-refractivity contribution is 6.98. The lowest BCUT2D eigenvalue weighted by Gasteiger charge is -2.33. The predicted octanol–water partition coefficient (Wildman–Crippen LogP) is 10.8. The Hall–Kier alpha value is -5.42. The van der Waals surface area contributed by atoms with E-state index in [1.807, 2.05) is 0 Å². The fraction of sp³-hybridized carbons (Fsp3) is 0.120. The lowest BCUT2D eigenvalue weighted by atomic mass is 9.36. The van der Waals surface area contributed by atoms with Gasteiger partial charge in [-0.25, -0.2) is 0 Å². The van der Waals surface area contributed by atoms with Crippen LogP contribution in [0, 0.1) is 0 Å². The summed E-state index contributed by atoms with van der Waals surface area (Å²) in [6.07, 6.45) is 0. The van der Waals surface area contributed by atoms with Crippen molar-refractivity contribution in [3.63, 3.8) is 0 Å². The number of para-hydroxylation sites is 2. The minimum absolute atomic E-state index is 0.0967. The maximum absolute atomic E-state index is 2.63.